The van der Waals surface area contributed by atoms with Gasteiger partial charge in [0.2, 0.25) is 5.91 Å². The van der Waals surface area contributed by atoms with Gasteiger partial charge in [0.15, 0.2) is 0 Å². The van der Waals surface area contributed by atoms with Gasteiger partial charge in [-0.3, -0.25) is 4.79 Å². The highest BCUT2D eigenvalue weighted by molar-refractivity contribution is 7.91. The monoisotopic (exact) mass is 438 g/mol. The number of benzene rings is 1. The molecule has 0 saturated carbocycles. The molecule has 5 nitrogen and oxygen atoms in total. The van der Waals surface area contributed by atoms with Gasteiger partial charge in [-0.2, -0.15) is 4.31 Å². The summed E-state index contributed by atoms with van der Waals surface area (Å²) < 4.78 is 40.8. The van der Waals surface area contributed by atoms with Gasteiger partial charge in [-0.1, -0.05) is 26.0 Å². The molecule has 0 aliphatic carbocycles. The van der Waals surface area contributed by atoms with Crippen LogP contribution in [0.25, 0.3) is 0 Å². The molecule has 3 rings (SSSR count). The number of carbonyl (C=O) groups excluding carboxylic acids is 1. The van der Waals surface area contributed by atoms with Gasteiger partial charge in [0.05, 0.1) is 12.0 Å². The summed E-state index contributed by atoms with van der Waals surface area (Å²) in [4.78, 5) is 13.9. The Morgan fingerprint density at radius 3 is 2.48 bits per heavy atom. The summed E-state index contributed by atoms with van der Waals surface area (Å²) in [5.74, 6) is -0.766. The minimum Gasteiger partial charge on any atom is -0.349 e. The summed E-state index contributed by atoms with van der Waals surface area (Å²) in [6, 6.07) is 9.29. The third-order valence-electron chi connectivity index (χ3n) is 5.26. The molecule has 2 unspecified atom stereocenters. The lowest BCUT2D eigenvalue weighted by Crippen LogP contribution is -2.46. The van der Waals surface area contributed by atoms with Gasteiger partial charge in [0.25, 0.3) is 10.0 Å². The highest BCUT2D eigenvalue weighted by atomic mass is 32.2. The number of hydrogen-bond donors (Lipinski definition) is 1. The second-order valence-corrected chi connectivity index (χ2v) is 11.3. The molecule has 1 aromatic carbocycles. The van der Waals surface area contributed by atoms with Gasteiger partial charge in [-0.25, -0.2) is 12.8 Å². The Hall–Kier alpha value is -1.77. The second kappa shape index (κ2) is 8.93. The van der Waals surface area contributed by atoms with Crippen molar-refractivity contribution in [3.63, 3.8) is 0 Å². The number of piperidine rings is 1. The molecular formula is C21H27FN2O3S2. The Kier molecular flexibility index (Phi) is 6.76. The number of nitrogens with zero attached hydrogens (tertiary/aromatic N) is 1. The van der Waals surface area contributed by atoms with E-state index in [0.29, 0.717) is 23.6 Å². The van der Waals surface area contributed by atoms with E-state index in [-0.39, 0.29) is 30.2 Å². The van der Waals surface area contributed by atoms with Gasteiger partial charge in [-0.15, -0.1) is 11.3 Å². The van der Waals surface area contributed by atoms with Crippen LogP contribution in [0.1, 0.15) is 43.2 Å². The number of rotatable bonds is 6. The molecule has 1 aliphatic heterocycles. The first-order chi connectivity index (χ1) is 13.7. The van der Waals surface area contributed by atoms with Crippen LogP contribution in [0.5, 0.6) is 0 Å². The number of thiophene rings is 1. The van der Waals surface area contributed by atoms with Crippen molar-refractivity contribution in [2.45, 2.75) is 43.9 Å². The Bertz CT molecular complexity index is 955. The second-order valence-electron chi connectivity index (χ2n) is 7.85. The van der Waals surface area contributed by atoms with Crippen molar-refractivity contribution in [3.8, 4) is 0 Å². The quantitative estimate of drug-likeness (QED) is 0.738. The van der Waals surface area contributed by atoms with Crippen LogP contribution < -0.4 is 5.32 Å². The number of nitrogens with one attached hydrogen (secondary N) is 1. The number of hydrogen-bond acceptors (Lipinski definition) is 4. The van der Waals surface area contributed by atoms with Crippen molar-refractivity contribution in [1.82, 2.24) is 9.62 Å². The molecular weight excluding hydrogens is 411 g/mol. The van der Waals surface area contributed by atoms with E-state index in [1.165, 1.54) is 27.8 Å². The lowest BCUT2D eigenvalue weighted by atomic mass is 9.93. The van der Waals surface area contributed by atoms with Crippen molar-refractivity contribution in [2.75, 3.05) is 13.1 Å². The van der Waals surface area contributed by atoms with Crippen molar-refractivity contribution >= 4 is 27.3 Å². The summed E-state index contributed by atoms with van der Waals surface area (Å²) in [6.45, 7) is 6.46. The molecule has 0 bridgehead atoms. The third-order valence-corrected chi connectivity index (χ3v) is 8.59. The zero-order valence-electron chi connectivity index (χ0n) is 16.9. The first kappa shape index (κ1) is 21.9. The molecule has 1 aliphatic rings. The molecule has 2 heterocycles. The fourth-order valence-corrected chi connectivity index (χ4v) is 6.59. The van der Waals surface area contributed by atoms with E-state index in [4.69, 9.17) is 0 Å². The molecule has 1 fully saturated rings. The maximum Gasteiger partial charge on any atom is 0.252 e. The molecule has 2 atom stereocenters. The van der Waals surface area contributed by atoms with Gasteiger partial charge >= 0.3 is 0 Å². The molecule has 2 aromatic rings. The first-order valence-corrected chi connectivity index (χ1v) is 12.1. The summed E-state index contributed by atoms with van der Waals surface area (Å²) in [6.07, 6.45) is 1.29. The molecule has 0 radical (unpaired) electrons. The fourth-order valence-electron chi connectivity index (χ4n) is 3.63. The zero-order valence-corrected chi connectivity index (χ0v) is 18.5. The van der Waals surface area contributed by atoms with E-state index in [1.54, 1.807) is 24.3 Å². The first-order valence-electron chi connectivity index (χ1n) is 9.81. The molecule has 1 saturated heterocycles. The number of sulfonamides is 1. The maximum atomic E-state index is 13.3. The van der Waals surface area contributed by atoms with E-state index in [2.05, 4.69) is 5.32 Å². The van der Waals surface area contributed by atoms with Gasteiger partial charge < -0.3 is 5.32 Å². The number of aryl methyl sites for hydroxylation is 1. The minimum atomic E-state index is -3.58. The highest BCUT2D eigenvalue weighted by Crippen LogP contribution is 2.29. The van der Waals surface area contributed by atoms with Gasteiger partial charge in [-0.05, 0) is 55.5 Å². The van der Waals surface area contributed by atoms with Gasteiger partial charge in [0, 0.05) is 18.0 Å². The number of amides is 1. The lowest BCUT2D eigenvalue weighted by molar-refractivity contribution is -0.127. The van der Waals surface area contributed by atoms with Crippen molar-refractivity contribution in [2.24, 2.45) is 11.8 Å². The van der Waals surface area contributed by atoms with E-state index in [0.717, 1.165) is 10.4 Å². The van der Waals surface area contributed by atoms with Crippen LogP contribution in [-0.4, -0.2) is 31.7 Å². The Morgan fingerprint density at radius 1 is 1.21 bits per heavy atom. The van der Waals surface area contributed by atoms with E-state index in [9.17, 15) is 17.6 Å². The molecule has 8 heteroatoms. The van der Waals surface area contributed by atoms with Crippen LogP contribution in [0.15, 0.2) is 40.6 Å². The highest BCUT2D eigenvalue weighted by Gasteiger charge is 2.35. The lowest BCUT2D eigenvalue weighted by Gasteiger charge is -2.32. The molecule has 1 aromatic heterocycles. The van der Waals surface area contributed by atoms with Crippen molar-refractivity contribution < 1.29 is 17.6 Å². The van der Waals surface area contributed by atoms with Crippen LogP contribution in [0.2, 0.25) is 0 Å². The van der Waals surface area contributed by atoms with E-state index < -0.39 is 15.9 Å². The summed E-state index contributed by atoms with van der Waals surface area (Å²) in [7, 11) is -3.58. The van der Waals surface area contributed by atoms with E-state index in [1.807, 2.05) is 20.8 Å². The Balaban J connectivity index is 1.72. The molecule has 1 amide bonds. The Labute approximate surface area is 176 Å². The average molecular weight is 439 g/mol. The predicted molar refractivity (Wildman–Crippen MR) is 113 cm³/mol. The van der Waals surface area contributed by atoms with Crippen LogP contribution in [0.3, 0.4) is 0 Å². The topological polar surface area (TPSA) is 66.5 Å². The van der Waals surface area contributed by atoms with Crippen LogP contribution in [-0.2, 0) is 14.8 Å². The summed E-state index contributed by atoms with van der Waals surface area (Å²) in [5.41, 5.74) is 0.837. The van der Waals surface area contributed by atoms with Gasteiger partial charge in [0.1, 0.15) is 10.0 Å². The molecule has 0 spiro atoms. The smallest absolute Gasteiger partial charge is 0.252 e. The molecule has 29 heavy (non-hydrogen) atoms. The zero-order chi connectivity index (χ0) is 21.2. The standard InChI is InChI=1S/C21H27FN2O3S2/c1-14(2)20(16-7-9-18(22)10-8-16)23-21(25)17-5-4-12-24(13-17)29(26,27)19-11-6-15(3)28-19/h6-11,14,17,20H,4-5,12-13H2,1-3H3,(H,23,25). The molecule has 1 N–H and O–H groups in total. The SMILES string of the molecule is Cc1ccc(S(=O)(=O)N2CCCC(C(=O)NC(c3ccc(F)cc3)C(C)C)C2)s1. The molecule has 158 valence electrons. The normalized spacial score (nSPS) is 19.3. The minimum absolute atomic E-state index is 0.113. The average Bonchev–Trinajstić information content (AvgIpc) is 3.14. The van der Waals surface area contributed by atoms with Crippen molar-refractivity contribution in [1.29, 1.82) is 0 Å². The van der Waals surface area contributed by atoms with Crippen molar-refractivity contribution in [3.05, 3.63) is 52.7 Å². The Morgan fingerprint density at radius 2 is 1.90 bits per heavy atom. The number of halogens is 1. The predicted octanol–water partition coefficient (Wildman–Crippen LogP) is 4.11. The van der Waals surface area contributed by atoms with E-state index >= 15 is 0 Å². The summed E-state index contributed by atoms with van der Waals surface area (Å²) >= 11 is 1.25. The summed E-state index contributed by atoms with van der Waals surface area (Å²) in [5, 5.41) is 3.06. The van der Waals surface area contributed by atoms with Crippen LogP contribution in [0, 0.1) is 24.6 Å². The third kappa shape index (κ3) is 5.05. The van der Waals surface area contributed by atoms with Crippen LogP contribution >= 0.6 is 11.3 Å². The number of carbonyl (C=O) groups is 1. The fraction of sp³-hybridized carbons (Fsp3) is 0.476. The largest absolute Gasteiger partial charge is 0.349 e. The maximum absolute atomic E-state index is 13.3. The van der Waals surface area contributed by atoms with Crippen LogP contribution in [0.4, 0.5) is 4.39 Å².